The van der Waals surface area contributed by atoms with Gasteiger partial charge in [-0.1, -0.05) is 78.8 Å². The number of carbonyl (C=O) groups excluding carboxylic acids is 2. The van der Waals surface area contributed by atoms with E-state index in [9.17, 15) is 18.0 Å². The Labute approximate surface area is 208 Å². The normalized spacial score (nSPS) is 19.0. The lowest BCUT2D eigenvalue weighted by molar-refractivity contribution is -0.143. The molecular formula is C23H37N5O4S2. The van der Waals surface area contributed by atoms with E-state index in [1.54, 1.807) is 41.5 Å². The van der Waals surface area contributed by atoms with Gasteiger partial charge in [0.1, 0.15) is 0 Å². The van der Waals surface area contributed by atoms with Crippen LogP contribution in [0.4, 0.5) is 0 Å². The number of thiol groups is 1. The third-order valence-corrected chi connectivity index (χ3v) is 7.24. The van der Waals surface area contributed by atoms with Crippen molar-refractivity contribution < 1.29 is 18.0 Å². The van der Waals surface area contributed by atoms with Crippen molar-refractivity contribution in [2.75, 3.05) is 26.2 Å². The molecule has 0 spiro atoms. The fourth-order valence-electron chi connectivity index (χ4n) is 3.18. The summed E-state index contributed by atoms with van der Waals surface area (Å²) in [7, 11) is -2.93. The molecule has 2 N–H and O–H groups in total. The quantitative estimate of drug-likeness (QED) is 0.365. The summed E-state index contributed by atoms with van der Waals surface area (Å²) in [5, 5.41) is 12.1. The molecule has 1 aromatic rings. The lowest BCUT2D eigenvalue weighted by atomic mass is 9.93. The number of amidine groups is 1. The number of rotatable bonds is 8. The summed E-state index contributed by atoms with van der Waals surface area (Å²) in [6, 6.07) is 9.22. The number of benzene rings is 1. The molecule has 9 nitrogen and oxygen atoms in total. The Morgan fingerprint density at radius 3 is 2.21 bits per heavy atom. The Kier molecular flexibility index (Phi) is 9.31. The molecule has 0 aromatic heterocycles. The van der Waals surface area contributed by atoms with Gasteiger partial charge in [0.2, 0.25) is 22.7 Å². The van der Waals surface area contributed by atoms with Gasteiger partial charge in [-0.3, -0.25) is 9.59 Å². The molecule has 0 unspecified atom stereocenters. The van der Waals surface area contributed by atoms with Gasteiger partial charge in [-0.2, -0.15) is 4.31 Å². The zero-order valence-corrected chi connectivity index (χ0v) is 22.8. The number of hydrazone groups is 1. The molecule has 2 amide bonds. The van der Waals surface area contributed by atoms with Gasteiger partial charge in [0.05, 0.1) is 6.54 Å². The van der Waals surface area contributed by atoms with Crippen LogP contribution in [0.25, 0.3) is 0 Å². The minimum Gasteiger partial charge on any atom is -0.316 e. The molecule has 2 rings (SSSR count). The van der Waals surface area contributed by atoms with Gasteiger partial charge in [-0.25, -0.2) is 13.4 Å². The van der Waals surface area contributed by atoms with E-state index < -0.39 is 26.6 Å². The SMILES string of the molecule is CCNCCN(C[C@@]1(c2ccccc2)SC(NC(=O)C(C)(C)C)=NN1C(=O)C(C)(C)C)[SH](=O)=O. The molecule has 0 radical (unpaired) electrons. The van der Waals surface area contributed by atoms with Crippen molar-refractivity contribution in [3.8, 4) is 0 Å². The summed E-state index contributed by atoms with van der Waals surface area (Å²) in [6.45, 7) is 14.1. The molecule has 1 aromatic carbocycles. The van der Waals surface area contributed by atoms with Crippen LogP contribution in [0, 0.1) is 10.8 Å². The minimum atomic E-state index is -2.93. The van der Waals surface area contributed by atoms with Crippen LogP contribution in [-0.2, 0) is 25.4 Å². The predicted molar refractivity (Wildman–Crippen MR) is 137 cm³/mol. The van der Waals surface area contributed by atoms with Gasteiger partial charge in [0, 0.05) is 23.9 Å². The van der Waals surface area contributed by atoms with E-state index in [2.05, 4.69) is 15.7 Å². The van der Waals surface area contributed by atoms with Crippen LogP contribution in [0.5, 0.6) is 0 Å². The molecule has 1 aliphatic rings. The number of carbonyl (C=O) groups is 2. The van der Waals surface area contributed by atoms with E-state index in [1.807, 2.05) is 37.3 Å². The molecule has 11 heteroatoms. The Balaban J connectivity index is 2.60. The molecule has 190 valence electrons. The number of nitrogens with zero attached hydrogens (tertiary/aromatic N) is 3. The van der Waals surface area contributed by atoms with Crippen molar-refractivity contribution in [1.82, 2.24) is 19.9 Å². The molecule has 0 fully saturated rings. The van der Waals surface area contributed by atoms with E-state index in [4.69, 9.17) is 0 Å². The van der Waals surface area contributed by atoms with E-state index in [0.717, 1.165) is 0 Å². The van der Waals surface area contributed by atoms with Crippen molar-refractivity contribution in [2.24, 2.45) is 15.9 Å². The number of hydrogen-bond donors (Lipinski definition) is 3. The third kappa shape index (κ3) is 6.80. The minimum absolute atomic E-state index is 0.0218. The topological polar surface area (TPSA) is 111 Å². The van der Waals surface area contributed by atoms with E-state index in [1.165, 1.54) is 21.1 Å². The molecular weight excluding hydrogens is 474 g/mol. The van der Waals surface area contributed by atoms with Gasteiger partial charge in [-0.15, -0.1) is 5.10 Å². The smallest absolute Gasteiger partial charge is 0.249 e. The average molecular weight is 512 g/mol. The van der Waals surface area contributed by atoms with Crippen LogP contribution >= 0.6 is 11.8 Å². The number of amides is 2. The summed E-state index contributed by atoms with van der Waals surface area (Å²) in [4.78, 5) is 25.1. The van der Waals surface area contributed by atoms with Crippen LogP contribution < -0.4 is 10.6 Å². The van der Waals surface area contributed by atoms with Gasteiger partial charge >= 0.3 is 0 Å². The standard InChI is InChI=1S/C23H37N5O4S2/c1-8-24-14-15-27(34(31)32)16-23(17-12-10-9-11-13-17)28(19(30)22(5,6)7)26-20(33-23)25-18(29)21(2,3)4/h9-13,24,34H,8,14-16H2,1-7H3,(H,25,26,29)/t23-/m0/s1. The zero-order valence-electron chi connectivity index (χ0n) is 21.0. The maximum atomic E-state index is 13.6. The van der Waals surface area contributed by atoms with Crippen LogP contribution in [0.15, 0.2) is 35.4 Å². The average Bonchev–Trinajstić information content (AvgIpc) is 3.10. The number of nitrogens with one attached hydrogen (secondary N) is 2. The fourth-order valence-corrected chi connectivity index (χ4v) is 5.13. The summed E-state index contributed by atoms with van der Waals surface area (Å²) in [6.07, 6.45) is 0. The van der Waals surface area contributed by atoms with Gasteiger partial charge < -0.3 is 10.6 Å². The largest absolute Gasteiger partial charge is 0.316 e. The van der Waals surface area contributed by atoms with Crippen LogP contribution in [-0.4, -0.2) is 60.9 Å². The van der Waals surface area contributed by atoms with E-state index in [-0.39, 0.29) is 30.1 Å². The highest BCUT2D eigenvalue weighted by Gasteiger charge is 2.52. The molecule has 0 saturated heterocycles. The van der Waals surface area contributed by atoms with Crippen LogP contribution in [0.2, 0.25) is 0 Å². The second-order valence-corrected chi connectivity index (χ2v) is 12.5. The van der Waals surface area contributed by atoms with Gasteiger partial charge in [-0.05, 0) is 23.9 Å². The lowest BCUT2D eigenvalue weighted by Crippen LogP contribution is -2.52. The Morgan fingerprint density at radius 2 is 1.71 bits per heavy atom. The van der Waals surface area contributed by atoms with Crippen molar-refractivity contribution in [3.05, 3.63) is 35.9 Å². The maximum absolute atomic E-state index is 13.6. The fraction of sp³-hybridized carbons (Fsp3) is 0.609. The van der Waals surface area contributed by atoms with Crippen molar-refractivity contribution >= 4 is 39.6 Å². The maximum Gasteiger partial charge on any atom is 0.249 e. The Morgan fingerprint density at radius 1 is 1.09 bits per heavy atom. The first-order valence-electron chi connectivity index (χ1n) is 11.3. The summed E-state index contributed by atoms with van der Waals surface area (Å²) in [5.74, 6) is -0.527. The monoisotopic (exact) mass is 511 g/mol. The molecule has 34 heavy (non-hydrogen) atoms. The highest BCUT2D eigenvalue weighted by molar-refractivity contribution is 8.14. The lowest BCUT2D eigenvalue weighted by Gasteiger charge is -2.40. The highest BCUT2D eigenvalue weighted by Crippen LogP contribution is 2.47. The Hall–Kier alpha value is -1.95. The van der Waals surface area contributed by atoms with E-state index >= 15 is 0 Å². The molecule has 0 aliphatic carbocycles. The first-order chi connectivity index (χ1) is 15.7. The van der Waals surface area contributed by atoms with Gasteiger partial charge in [0.25, 0.3) is 0 Å². The van der Waals surface area contributed by atoms with Crippen molar-refractivity contribution in [1.29, 1.82) is 0 Å². The summed E-state index contributed by atoms with van der Waals surface area (Å²) < 4.78 is 25.8. The molecule has 1 heterocycles. The number of likely N-dealkylation sites (N-methyl/N-ethyl adjacent to an activating group) is 1. The molecule has 1 atom stereocenters. The first-order valence-corrected chi connectivity index (χ1v) is 13.3. The summed E-state index contributed by atoms with van der Waals surface area (Å²) >= 11 is 1.19. The second kappa shape index (κ2) is 11.2. The third-order valence-electron chi connectivity index (χ3n) is 5.18. The number of hydrogen-bond acceptors (Lipinski definition) is 7. The number of thioether (sulfide) groups is 1. The van der Waals surface area contributed by atoms with Crippen LogP contribution in [0.3, 0.4) is 0 Å². The van der Waals surface area contributed by atoms with Gasteiger partial charge in [0.15, 0.2) is 10.0 Å². The highest BCUT2D eigenvalue weighted by atomic mass is 32.2. The molecule has 0 saturated carbocycles. The molecule has 0 bridgehead atoms. The van der Waals surface area contributed by atoms with Crippen molar-refractivity contribution in [3.63, 3.8) is 0 Å². The summed E-state index contributed by atoms with van der Waals surface area (Å²) in [5.41, 5.74) is -0.746. The first kappa shape index (κ1) is 28.3. The predicted octanol–water partition coefficient (Wildman–Crippen LogP) is 2.33. The van der Waals surface area contributed by atoms with E-state index in [0.29, 0.717) is 18.7 Å². The molecule has 1 aliphatic heterocycles. The zero-order chi connectivity index (χ0) is 25.7. The Bertz CT molecular complexity index is 975. The van der Waals surface area contributed by atoms with Crippen LogP contribution in [0.1, 0.15) is 54.0 Å². The van der Waals surface area contributed by atoms with Crippen molar-refractivity contribution in [2.45, 2.75) is 53.3 Å². The second-order valence-electron chi connectivity index (χ2n) is 10.2.